The van der Waals surface area contributed by atoms with E-state index in [2.05, 4.69) is 11.4 Å². The number of amides is 1. The molecule has 1 aliphatic carbocycles. The van der Waals surface area contributed by atoms with E-state index in [0.29, 0.717) is 5.69 Å². The average Bonchev–Trinajstić information content (AvgIpc) is 2.61. The van der Waals surface area contributed by atoms with E-state index in [0.717, 1.165) is 36.6 Å². The van der Waals surface area contributed by atoms with Crippen LogP contribution in [0.25, 0.3) is 0 Å². The maximum absolute atomic E-state index is 13.0. The maximum atomic E-state index is 13.0. The van der Waals surface area contributed by atoms with E-state index in [1.165, 1.54) is 9.87 Å². The molecular weight excluding hydrogens is 360 g/mol. The third kappa shape index (κ3) is 4.33. The molecule has 2 unspecified atom stereocenters. The number of rotatable bonds is 5. The normalized spacial score (nSPS) is 17.7. The smallest absolute Gasteiger partial charge is 0.244 e. The van der Waals surface area contributed by atoms with E-state index in [4.69, 9.17) is 0 Å². The fraction of sp³-hybridized carbons (Fsp3) is 0.381. The average molecular weight is 387 g/mol. The first-order valence-corrected chi connectivity index (χ1v) is 11.1. The molecule has 0 radical (unpaired) electrons. The lowest BCUT2D eigenvalue weighted by Gasteiger charge is -2.32. The third-order valence-electron chi connectivity index (χ3n) is 5.03. The lowest BCUT2D eigenvalue weighted by molar-refractivity contribution is -0.122. The molecule has 2 aromatic rings. The van der Waals surface area contributed by atoms with Crippen molar-refractivity contribution in [2.75, 3.05) is 10.6 Å². The van der Waals surface area contributed by atoms with Gasteiger partial charge in [0.1, 0.15) is 6.04 Å². The van der Waals surface area contributed by atoms with Gasteiger partial charge in [0.25, 0.3) is 0 Å². The molecule has 0 aliphatic heterocycles. The van der Waals surface area contributed by atoms with E-state index in [1.54, 1.807) is 25.1 Å². The van der Waals surface area contributed by atoms with E-state index in [1.807, 2.05) is 31.2 Å². The number of aryl methyl sites for hydroxylation is 2. The molecule has 144 valence electrons. The fourth-order valence-electron chi connectivity index (χ4n) is 3.77. The topological polar surface area (TPSA) is 66.5 Å². The summed E-state index contributed by atoms with van der Waals surface area (Å²) in [5, 5.41) is 3.07. The van der Waals surface area contributed by atoms with Crippen molar-refractivity contribution in [2.45, 2.75) is 45.2 Å². The molecule has 6 heteroatoms. The lowest BCUT2D eigenvalue weighted by atomic mass is 9.87. The third-order valence-corrected chi connectivity index (χ3v) is 6.27. The Hall–Kier alpha value is -2.34. The fourth-order valence-corrected chi connectivity index (χ4v) is 4.94. The van der Waals surface area contributed by atoms with Crippen molar-refractivity contribution in [3.05, 3.63) is 65.2 Å². The number of sulfonamides is 1. The van der Waals surface area contributed by atoms with Crippen LogP contribution in [0.1, 0.15) is 42.5 Å². The standard InChI is InChI=1S/C21H26N2O3S/c1-15-8-6-11-18(14-15)23(27(3,25)26)16(2)21(24)22-20-13-7-10-17-9-4-5-12-19(17)20/h4-6,8-9,11-12,14,16,20H,7,10,13H2,1-3H3,(H,22,24). The van der Waals surface area contributed by atoms with Crippen LogP contribution < -0.4 is 9.62 Å². The SMILES string of the molecule is Cc1cccc(N(C(C)C(=O)NC2CCCc3ccccc32)S(C)(=O)=O)c1. The number of benzene rings is 2. The van der Waals surface area contributed by atoms with E-state index < -0.39 is 16.1 Å². The molecule has 5 nitrogen and oxygen atoms in total. The zero-order valence-corrected chi connectivity index (χ0v) is 16.8. The summed E-state index contributed by atoms with van der Waals surface area (Å²) in [5.74, 6) is -0.288. The minimum atomic E-state index is -3.61. The minimum absolute atomic E-state index is 0.0798. The van der Waals surface area contributed by atoms with Crippen molar-refractivity contribution in [1.82, 2.24) is 5.32 Å². The molecule has 0 bridgehead atoms. The second-order valence-corrected chi connectivity index (χ2v) is 9.09. The second kappa shape index (κ2) is 7.72. The number of fused-ring (bicyclic) bond motifs is 1. The molecule has 27 heavy (non-hydrogen) atoms. The summed E-state index contributed by atoms with van der Waals surface area (Å²) in [5.41, 5.74) is 3.82. The number of hydrogen-bond acceptors (Lipinski definition) is 3. The number of anilines is 1. The van der Waals surface area contributed by atoms with Crippen LogP contribution in [0.15, 0.2) is 48.5 Å². The Kier molecular flexibility index (Phi) is 5.56. The molecule has 0 heterocycles. The Balaban J connectivity index is 1.85. The van der Waals surface area contributed by atoms with Crippen molar-refractivity contribution in [3.8, 4) is 0 Å². The van der Waals surface area contributed by atoms with Crippen LogP contribution in [0.2, 0.25) is 0 Å². The van der Waals surface area contributed by atoms with Crippen molar-refractivity contribution in [1.29, 1.82) is 0 Å². The maximum Gasteiger partial charge on any atom is 0.244 e. The van der Waals surface area contributed by atoms with Gasteiger partial charge in [-0.05, 0) is 61.9 Å². The Labute approximate surface area is 161 Å². The summed E-state index contributed by atoms with van der Waals surface area (Å²) < 4.78 is 26.0. The molecule has 0 spiro atoms. The van der Waals surface area contributed by atoms with Crippen LogP contribution in [0, 0.1) is 6.92 Å². The summed E-state index contributed by atoms with van der Waals surface area (Å²) in [6.45, 7) is 3.53. The van der Waals surface area contributed by atoms with Gasteiger partial charge in [-0.2, -0.15) is 0 Å². The van der Waals surface area contributed by atoms with Crippen LogP contribution in [0.5, 0.6) is 0 Å². The summed E-state index contributed by atoms with van der Waals surface area (Å²) in [7, 11) is -3.61. The van der Waals surface area contributed by atoms with Gasteiger partial charge in [0.05, 0.1) is 18.0 Å². The van der Waals surface area contributed by atoms with Gasteiger partial charge in [-0.25, -0.2) is 8.42 Å². The molecule has 3 rings (SSSR count). The predicted molar refractivity (Wildman–Crippen MR) is 108 cm³/mol. The van der Waals surface area contributed by atoms with Crippen molar-refractivity contribution in [3.63, 3.8) is 0 Å². The van der Waals surface area contributed by atoms with E-state index in [-0.39, 0.29) is 11.9 Å². The monoisotopic (exact) mass is 386 g/mol. The molecule has 2 atom stereocenters. The second-order valence-electron chi connectivity index (χ2n) is 7.23. The summed E-state index contributed by atoms with van der Waals surface area (Å²) in [4.78, 5) is 13.0. The van der Waals surface area contributed by atoms with Crippen molar-refractivity contribution >= 4 is 21.6 Å². The Morgan fingerprint density at radius 3 is 2.63 bits per heavy atom. The van der Waals surface area contributed by atoms with Gasteiger partial charge in [0.15, 0.2) is 0 Å². The van der Waals surface area contributed by atoms with Crippen LogP contribution >= 0.6 is 0 Å². The van der Waals surface area contributed by atoms with Gasteiger partial charge in [-0.1, -0.05) is 36.4 Å². The molecule has 2 aromatic carbocycles. The van der Waals surface area contributed by atoms with Gasteiger partial charge in [-0.15, -0.1) is 0 Å². The van der Waals surface area contributed by atoms with E-state index >= 15 is 0 Å². The summed E-state index contributed by atoms with van der Waals surface area (Å²) in [6, 6.07) is 14.4. The summed E-state index contributed by atoms with van der Waals surface area (Å²) in [6.07, 6.45) is 4.01. The van der Waals surface area contributed by atoms with Gasteiger partial charge in [0, 0.05) is 0 Å². The number of nitrogens with zero attached hydrogens (tertiary/aromatic N) is 1. The zero-order valence-electron chi connectivity index (χ0n) is 16.0. The zero-order chi connectivity index (χ0) is 19.6. The molecular formula is C21H26N2O3S. The highest BCUT2D eigenvalue weighted by atomic mass is 32.2. The number of carbonyl (C=O) groups is 1. The van der Waals surface area contributed by atoms with Gasteiger partial charge in [-0.3, -0.25) is 9.10 Å². The van der Waals surface area contributed by atoms with Crippen LogP contribution in [-0.4, -0.2) is 26.6 Å². The van der Waals surface area contributed by atoms with Crippen LogP contribution in [0.3, 0.4) is 0 Å². The molecule has 1 N–H and O–H groups in total. The largest absolute Gasteiger partial charge is 0.347 e. The number of carbonyl (C=O) groups excluding carboxylic acids is 1. The molecule has 0 saturated carbocycles. The van der Waals surface area contributed by atoms with Gasteiger partial charge in [0.2, 0.25) is 15.9 Å². The Bertz CT molecular complexity index is 940. The number of nitrogens with one attached hydrogen (secondary N) is 1. The van der Waals surface area contributed by atoms with Crippen molar-refractivity contribution in [2.24, 2.45) is 0 Å². The highest BCUT2D eigenvalue weighted by molar-refractivity contribution is 7.92. The molecule has 1 aliphatic rings. The Morgan fingerprint density at radius 1 is 1.19 bits per heavy atom. The highest BCUT2D eigenvalue weighted by Gasteiger charge is 2.31. The van der Waals surface area contributed by atoms with Gasteiger partial charge < -0.3 is 5.32 Å². The van der Waals surface area contributed by atoms with Gasteiger partial charge >= 0.3 is 0 Å². The van der Waals surface area contributed by atoms with Crippen LogP contribution in [-0.2, 0) is 21.2 Å². The molecule has 1 amide bonds. The Morgan fingerprint density at radius 2 is 1.93 bits per heavy atom. The minimum Gasteiger partial charge on any atom is -0.347 e. The number of hydrogen-bond donors (Lipinski definition) is 1. The molecule has 0 aromatic heterocycles. The first kappa shape index (κ1) is 19.4. The molecule has 0 fully saturated rings. The summed E-state index contributed by atoms with van der Waals surface area (Å²) >= 11 is 0. The van der Waals surface area contributed by atoms with E-state index in [9.17, 15) is 13.2 Å². The van der Waals surface area contributed by atoms with Crippen LogP contribution in [0.4, 0.5) is 5.69 Å². The predicted octanol–water partition coefficient (Wildman–Crippen LogP) is 3.34. The first-order valence-electron chi connectivity index (χ1n) is 9.21. The first-order chi connectivity index (χ1) is 12.8. The lowest BCUT2D eigenvalue weighted by Crippen LogP contribution is -2.49. The van der Waals surface area contributed by atoms with Crippen molar-refractivity contribution < 1.29 is 13.2 Å². The quantitative estimate of drug-likeness (QED) is 0.857. The highest BCUT2D eigenvalue weighted by Crippen LogP contribution is 2.30. The molecule has 0 saturated heterocycles.